The second kappa shape index (κ2) is 5.25. The molecule has 2 rings (SSSR count). The van der Waals surface area contributed by atoms with Crippen LogP contribution in [0.25, 0.3) is 0 Å². The minimum absolute atomic E-state index is 0.00962. The summed E-state index contributed by atoms with van der Waals surface area (Å²) in [5.74, 6) is -0.296. The largest absolute Gasteiger partial charge is 0.387 e. The van der Waals surface area contributed by atoms with Gasteiger partial charge < -0.3 is 25.2 Å². The molecule has 1 aromatic heterocycles. The van der Waals surface area contributed by atoms with Crippen molar-refractivity contribution < 1.29 is 19.5 Å². The van der Waals surface area contributed by atoms with E-state index in [4.69, 9.17) is 15.9 Å². The predicted octanol–water partition coefficient (Wildman–Crippen LogP) is -1.20. The maximum atomic E-state index is 11.8. The first-order valence-electron chi connectivity index (χ1n) is 6.00. The number of nitrogens with two attached hydrogens (primary N) is 1. The highest BCUT2D eigenvalue weighted by Crippen LogP contribution is 2.41. The van der Waals surface area contributed by atoms with Gasteiger partial charge in [-0.2, -0.15) is 0 Å². The summed E-state index contributed by atoms with van der Waals surface area (Å²) in [6.45, 7) is 3.18. The first-order chi connectivity index (χ1) is 9.19. The average Bonchev–Trinajstić information content (AvgIpc) is 2.88. The monoisotopic (exact) mass is 303 g/mol. The van der Waals surface area contributed by atoms with Crippen LogP contribution >= 0.6 is 7.14 Å². The Labute approximate surface area is 115 Å². The normalized spacial score (nSPS) is 30.6. The quantitative estimate of drug-likeness (QED) is 0.310. The van der Waals surface area contributed by atoms with Crippen LogP contribution in [0.1, 0.15) is 12.1 Å². The number of aliphatic hydroxyl groups is 2. The minimum atomic E-state index is -2.40. The van der Waals surface area contributed by atoms with Crippen LogP contribution in [-0.2, 0) is 9.30 Å². The SMILES string of the molecule is CP(C)(=O)C[C@H]1O[C@@H](n2cnc(C(=N)N)n2)[C@H](O)[C@@H]1O. The van der Waals surface area contributed by atoms with Crippen LogP contribution in [0.2, 0.25) is 0 Å². The second-order valence-corrected chi connectivity index (χ2v) is 8.78. The Kier molecular flexibility index (Phi) is 3.97. The van der Waals surface area contributed by atoms with Crippen molar-refractivity contribution in [1.29, 1.82) is 5.41 Å². The highest BCUT2D eigenvalue weighted by molar-refractivity contribution is 7.62. The maximum absolute atomic E-state index is 11.8. The Hall–Kier alpha value is -1.28. The molecular weight excluding hydrogens is 285 g/mol. The van der Waals surface area contributed by atoms with Crippen molar-refractivity contribution in [2.45, 2.75) is 24.5 Å². The van der Waals surface area contributed by atoms with E-state index < -0.39 is 31.7 Å². The molecule has 0 bridgehead atoms. The number of aliphatic hydroxyl groups excluding tert-OH is 2. The van der Waals surface area contributed by atoms with E-state index in [1.807, 2.05) is 0 Å². The van der Waals surface area contributed by atoms with Crippen molar-refractivity contribution in [1.82, 2.24) is 14.8 Å². The van der Waals surface area contributed by atoms with Gasteiger partial charge in [-0.1, -0.05) is 0 Å². The van der Waals surface area contributed by atoms with E-state index in [-0.39, 0.29) is 17.8 Å². The molecule has 0 amide bonds. The molecular formula is C10H18N5O4P. The van der Waals surface area contributed by atoms with Gasteiger partial charge in [0, 0.05) is 6.16 Å². The van der Waals surface area contributed by atoms with E-state index in [1.165, 1.54) is 11.0 Å². The van der Waals surface area contributed by atoms with E-state index in [1.54, 1.807) is 13.3 Å². The topological polar surface area (TPSA) is 147 Å². The number of nitrogens with zero attached hydrogens (tertiary/aromatic N) is 3. The first kappa shape index (κ1) is 15.1. The van der Waals surface area contributed by atoms with Gasteiger partial charge in [0.2, 0.25) is 5.82 Å². The van der Waals surface area contributed by atoms with Crippen LogP contribution in [0.3, 0.4) is 0 Å². The van der Waals surface area contributed by atoms with E-state index in [2.05, 4.69) is 10.1 Å². The van der Waals surface area contributed by atoms with Gasteiger partial charge >= 0.3 is 0 Å². The first-order valence-corrected chi connectivity index (χ1v) is 8.79. The van der Waals surface area contributed by atoms with Crippen molar-refractivity contribution in [3.05, 3.63) is 12.2 Å². The summed E-state index contributed by atoms with van der Waals surface area (Å²) in [5, 5.41) is 31.0. The summed E-state index contributed by atoms with van der Waals surface area (Å²) in [5.41, 5.74) is 5.25. The third-order valence-corrected chi connectivity index (χ3v) is 4.21. The molecule has 0 aliphatic carbocycles. The van der Waals surface area contributed by atoms with E-state index >= 15 is 0 Å². The lowest BCUT2D eigenvalue weighted by Gasteiger charge is -2.16. The van der Waals surface area contributed by atoms with Crippen molar-refractivity contribution in [3.63, 3.8) is 0 Å². The fraction of sp³-hybridized carbons (Fsp3) is 0.700. The number of nitrogen functional groups attached to an aromatic ring is 1. The molecule has 1 fully saturated rings. The highest BCUT2D eigenvalue weighted by Gasteiger charge is 2.45. The van der Waals surface area contributed by atoms with E-state index in [0.29, 0.717) is 0 Å². The summed E-state index contributed by atoms with van der Waals surface area (Å²) in [6.07, 6.45) is -2.62. The molecule has 0 unspecified atom stereocenters. The fourth-order valence-corrected chi connectivity index (χ4v) is 3.22. The minimum Gasteiger partial charge on any atom is -0.387 e. The molecule has 4 atom stereocenters. The lowest BCUT2D eigenvalue weighted by atomic mass is 10.1. The molecule has 5 N–H and O–H groups in total. The molecule has 1 saturated heterocycles. The number of ether oxygens (including phenoxy) is 1. The molecule has 20 heavy (non-hydrogen) atoms. The second-order valence-electron chi connectivity index (χ2n) is 5.26. The predicted molar refractivity (Wildman–Crippen MR) is 71.3 cm³/mol. The van der Waals surface area contributed by atoms with Crippen LogP contribution in [0.5, 0.6) is 0 Å². The van der Waals surface area contributed by atoms with Gasteiger partial charge in [-0.05, 0) is 13.3 Å². The molecule has 9 nitrogen and oxygen atoms in total. The summed E-state index contributed by atoms with van der Waals surface area (Å²) in [6, 6.07) is 0. The molecule has 0 radical (unpaired) electrons. The van der Waals surface area contributed by atoms with Crippen LogP contribution in [0.15, 0.2) is 6.33 Å². The van der Waals surface area contributed by atoms with Gasteiger partial charge in [0.05, 0.1) is 13.2 Å². The van der Waals surface area contributed by atoms with Crippen molar-refractivity contribution in [2.75, 3.05) is 19.5 Å². The van der Waals surface area contributed by atoms with Gasteiger partial charge in [-0.3, -0.25) is 5.41 Å². The van der Waals surface area contributed by atoms with Gasteiger partial charge in [0.15, 0.2) is 12.1 Å². The fourth-order valence-electron chi connectivity index (χ4n) is 2.05. The Morgan fingerprint density at radius 3 is 2.70 bits per heavy atom. The van der Waals surface area contributed by atoms with Gasteiger partial charge in [0.25, 0.3) is 0 Å². The number of rotatable bonds is 4. The standard InChI is InChI=1S/C10H18N5O4P/c1-20(2,18)3-5-6(16)7(17)10(19-5)15-4-13-9(14-15)8(11)12/h4-7,10,16-17H,3H2,1-2H3,(H3,11,12)/t5-,6-,7-,10-/m1/s1. The molecule has 2 heterocycles. The lowest BCUT2D eigenvalue weighted by molar-refractivity contribution is -0.0392. The number of hydrogen-bond acceptors (Lipinski definition) is 7. The van der Waals surface area contributed by atoms with Gasteiger partial charge in [0.1, 0.15) is 18.5 Å². The van der Waals surface area contributed by atoms with Crippen LogP contribution in [0.4, 0.5) is 0 Å². The zero-order valence-electron chi connectivity index (χ0n) is 11.2. The van der Waals surface area contributed by atoms with Crippen molar-refractivity contribution in [3.8, 4) is 0 Å². The smallest absolute Gasteiger partial charge is 0.215 e. The molecule has 112 valence electrons. The van der Waals surface area contributed by atoms with Crippen LogP contribution in [-0.4, -0.2) is 68.6 Å². The van der Waals surface area contributed by atoms with Crippen LogP contribution in [0, 0.1) is 5.41 Å². The average molecular weight is 303 g/mol. The Morgan fingerprint density at radius 2 is 2.20 bits per heavy atom. The summed E-state index contributed by atoms with van der Waals surface area (Å²) >= 11 is 0. The molecule has 0 saturated carbocycles. The number of aromatic nitrogens is 3. The molecule has 1 aliphatic heterocycles. The number of amidine groups is 1. The highest BCUT2D eigenvalue weighted by atomic mass is 31.2. The molecule has 0 spiro atoms. The third kappa shape index (κ3) is 3.06. The van der Waals surface area contributed by atoms with Crippen molar-refractivity contribution >= 4 is 13.0 Å². The Balaban J connectivity index is 2.17. The summed E-state index contributed by atoms with van der Waals surface area (Å²) < 4.78 is 18.5. The van der Waals surface area contributed by atoms with Gasteiger partial charge in [-0.25, -0.2) is 9.67 Å². The zero-order chi connectivity index (χ0) is 15.1. The molecule has 1 aromatic rings. The number of hydrogen-bond donors (Lipinski definition) is 4. The van der Waals surface area contributed by atoms with Crippen molar-refractivity contribution in [2.24, 2.45) is 5.73 Å². The Bertz CT molecular complexity index is 556. The molecule has 10 heteroatoms. The zero-order valence-corrected chi connectivity index (χ0v) is 12.1. The number of nitrogens with one attached hydrogen (secondary N) is 1. The van der Waals surface area contributed by atoms with E-state index in [0.717, 1.165) is 0 Å². The molecule has 0 aromatic carbocycles. The molecule has 1 aliphatic rings. The Morgan fingerprint density at radius 1 is 1.55 bits per heavy atom. The lowest BCUT2D eigenvalue weighted by Crippen LogP contribution is -2.33. The summed E-state index contributed by atoms with van der Waals surface area (Å²) in [7, 11) is -2.40. The summed E-state index contributed by atoms with van der Waals surface area (Å²) in [4.78, 5) is 3.79. The maximum Gasteiger partial charge on any atom is 0.215 e. The van der Waals surface area contributed by atoms with E-state index in [9.17, 15) is 14.8 Å². The van der Waals surface area contributed by atoms with Gasteiger partial charge in [-0.15, -0.1) is 5.10 Å². The third-order valence-electron chi connectivity index (χ3n) is 2.97. The van der Waals surface area contributed by atoms with Crippen LogP contribution < -0.4 is 5.73 Å².